The van der Waals surface area contributed by atoms with Crippen LogP contribution in [0.25, 0.3) is 0 Å². The van der Waals surface area contributed by atoms with E-state index in [-0.39, 0.29) is 0 Å². The Balaban J connectivity index is 2.59. The Bertz CT molecular complexity index is 435. The predicted molar refractivity (Wildman–Crippen MR) is 78.0 cm³/mol. The smallest absolute Gasteiger partial charge is 0.0599 e. The quantitative estimate of drug-likeness (QED) is 0.782. The minimum atomic E-state index is -0.403. The van der Waals surface area contributed by atoms with Crippen molar-refractivity contribution in [2.75, 3.05) is 0 Å². The van der Waals surface area contributed by atoms with Gasteiger partial charge in [0.1, 0.15) is 0 Å². The van der Waals surface area contributed by atoms with Gasteiger partial charge in [0.2, 0.25) is 0 Å². The Morgan fingerprint density at radius 3 is 1.50 bits per heavy atom. The molecule has 0 saturated carbocycles. The molecule has 2 aliphatic carbocycles. The summed E-state index contributed by atoms with van der Waals surface area (Å²) in [7, 11) is 0. The lowest BCUT2D eigenvalue weighted by Gasteiger charge is -2.36. The normalized spacial score (nSPS) is 38.4. The summed E-state index contributed by atoms with van der Waals surface area (Å²) in [4.78, 5) is 0. The van der Waals surface area contributed by atoms with Crippen LogP contribution in [0.3, 0.4) is 0 Å². The van der Waals surface area contributed by atoms with Gasteiger partial charge in [-0.05, 0) is 24.0 Å². The highest BCUT2D eigenvalue weighted by Crippen LogP contribution is 2.35. The van der Waals surface area contributed by atoms with Crippen LogP contribution in [-0.4, -0.2) is 11.1 Å². The first-order valence-electron chi connectivity index (χ1n) is 6.60. The zero-order valence-corrected chi connectivity index (χ0v) is 11.2. The Morgan fingerprint density at radius 2 is 1.17 bits per heavy atom. The summed E-state index contributed by atoms with van der Waals surface area (Å²) in [5.74, 6) is 0. The summed E-state index contributed by atoms with van der Waals surface area (Å²) in [5, 5.41) is 0. The topological polar surface area (TPSA) is 52.0 Å². The van der Waals surface area contributed by atoms with Crippen LogP contribution in [0.15, 0.2) is 59.8 Å². The number of nitrogens with two attached hydrogens (primary N) is 2. The molecule has 96 valence electrons. The summed E-state index contributed by atoms with van der Waals surface area (Å²) >= 11 is 0. The highest BCUT2D eigenvalue weighted by molar-refractivity contribution is 5.55. The van der Waals surface area contributed by atoms with Gasteiger partial charge in [0, 0.05) is 0 Å². The number of allylic oxidation sites excluding steroid dienone is 4. The van der Waals surface area contributed by atoms with E-state index in [1.807, 2.05) is 24.3 Å². The van der Waals surface area contributed by atoms with Crippen LogP contribution >= 0.6 is 0 Å². The summed E-state index contributed by atoms with van der Waals surface area (Å²) in [5.41, 5.74) is 14.5. The molecule has 0 heterocycles. The summed E-state index contributed by atoms with van der Waals surface area (Å²) in [6.45, 7) is 4.22. The SMILES string of the molecule is CCC1(N)C=CC=CC1=C1C=CC=CC1(N)CC. The molecule has 0 aromatic carbocycles. The third-order valence-electron chi connectivity index (χ3n) is 4.00. The lowest BCUT2D eigenvalue weighted by molar-refractivity contribution is 0.554. The molecule has 4 N–H and O–H groups in total. The maximum atomic E-state index is 6.50. The van der Waals surface area contributed by atoms with Crippen LogP contribution in [0.1, 0.15) is 26.7 Å². The molecule has 2 aliphatic rings. The lowest BCUT2D eigenvalue weighted by atomic mass is 9.74. The Labute approximate surface area is 109 Å². The van der Waals surface area contributed by atoms with E-state index in [0.29, 0.717) is 0 Å². The average molecular weight is 242 g/mol. The molecule has 0 radical (unpaired) electrons. The van der Waals surface area contributed by atoms with Gasteiger partial charge in [-0.25, -0.2) is 0 Å². The number of rotatable bonds is 2. The van der Waals surface area contributed by atoms with Crippen LogP contribution in [0.2, 0.25) is 0 Å². The molecule has 0 aliphatic heterocycles. The van der Waals surface area contributed by atoms with Gasteiger partial charge in [0.05, 0.1) is 11.1 Å². The first-order chi connectivity index (χ1) is 8.56. The zero-order chi connectivity index (χ0) is 13.2. The van der Waals surface area contributed by atoms with Crippen molar-refractivity contribution in [3.8, 4) is 0 Å². The van der Waals surface area contributed by atoms with Crippen molar-refractivity contribution >= 4 is 0 Å². The molecule has 0 aromatic heterocycles. The molecule has 0 amide bonds. The van der Waals surface area contributed by atoms with Gasteiger partial charge in [0.15, 0.2) is 0 Å². The predicted octanol–water partition coefficient (Wildman–Crippen LogP) is 2.75. The van der Waals surface area contributed by atoms with E-state index in [4.69, 9.17) is 11.5 Å². The third-order valence-corrected chi connectivity index (χ3v) is 4.00. The number of hydrogen-bond acceptors (Lipinski definition) is 2. The number of hydrogen-bond donors (Lipinski definition) is 2. The molecule has 2 nitrogen and oxygen atoms in total. The standard InChI is InChI=1S/C16H22N2/c1-3-15(17)11-7-5-9-13(15)14-10-6-8-12-16(14,18)4-2/h5-12H,3-4,17-18H2,1-2H3. The minimum Gasteiger partial charge on any atom is -0.318 e. The van der Waals surface area contributed by atoms with E-state index in [1.54, 1.807) is 0 Å². The van der Waals surface area contributed by atoms with Gasteiger partial charge in [-0.15, -0.1) is 0 Å². The second-order valence-corrected chi connectivity index (χ2v) is 5.05. The zero-order valence-electron chi connectivity index (χ0n) is 11.2. The largest absolute Gasteiger partial charge is 0.318 e. The fraction of sp³-hybridized carbons (Fsp3) is 0.375. The van der Waals surface area contributed by atoms with Crippen molar-refractivity contribution < 1.29 is 0 Å². The molecular formula is C16H22N2. The molecule has 18 heavy (non-hydrogen) atoms. The maximum Gasteiger partial charge on any atom is 0.0599 e. The molecule has 2 unspecified atom stereocenters. The fourth-order valence-electron chi connectivity index (χ4n) is 2.55. The van der Waals surface area contributed by atoms with E-state index in [9.17, 15) is 0 Å². The molecular weight excluding hydrogens is 220 g/mol. The van der Waals surface area contributed by atoms with E-state index in [2.05, 4.69) is 38.2 Å². The molecule has 0 fully saturated rings. The van der Waals surface area contributed by atoms with Crippen LogP contribution < -0.4 is 11.5 Å². The maximum absolute atomic E-state index is 6.50. The Morgan fingerprint density at radius 1 is 0.778 bits per heavy atom. The second-order valence-electron chi connectivity index (χ2n) is 5.05. The second kappa shape index (κ2) is 4.71. The molecule has 0 spiro atoms. The van der Waals surface area contributed by atoms with E-state index >= 15 is 0 Å². The highest BCUT2D eigenvalue weighted by Gasteiger charge is 2.34. The van der Waals surface area contributed by atoms with Gasteiger partial charge < -0.3 is 11.5 Å². The summed E-state index contributed by atoms with van der Waals surface area (Å²) < 4.78 is 0. The van der Waals surface area contributed by atoms with Crippen LogP contribution in [0.4, 0.5) is 0 Å². The van der Waals surface area contributed by atoms with Gasteiger partial charge in [-0.1, -0.05) is 62.5 Å². The van der Waals surface area contributed by atoms with Crippen molar-refractivity contribution in [1.82, 2.24) is 0 Å². The van der Waals surface area contributed by atoms with Crippen LogP contribution in [0.5, 0.6) is 0 Å². The van der Waals surface area contributed by atoms with Crippen LogP contribution in [0, 0.1) is 0 Å². The lowest BCUT2D eigenvalue weighted by Crippen LogP contribution is -2.46. The Hall–Kier alpha value is -1.38. The highest BCUT2D eigenvalue weighted by atomic mass is 14.8. The summed E-state index contributed by atoms with van der Waals surface area (Å²) in [6, 6.07) is 0. The fourth-order valence-corrected chi connectivity index (χ4v) is 2.55. The molecule has 2 atom stereocenters. The van der Waals surface area contributed by atoms with Gasteiger partial charge in [-0.3, -0.25) is 0 Å². The molecule has 0 saturated heterocycles. The van der Waals surface area contributed by atoms with Gasteiger partial charge in [0.25, 0.3) is 0 Å². The van der Waals surface area contributed by atoms with E-state index in [0.717, 1.165) is 24.0 Å². The van der Waals surface area contributed by atoms with Crippen molar-refractivity contribution in [3.63, 3.8) is 0 Å². The van der Waals surface area contributed by atoms with E-state index < -0.39 is 11.1 Å². The third kappa shape index (κ3) is 2.02. The Kier molecular flexibility index (Phi) is 3.42. The molecule has 2 heteroatoms. The van der Waals surface area contributed by atoms with Gasteiger partial charge in [-0.2, -0.15) is 0 Å². The minimum absolute atomic E-state index is 0.403. The van der Waals surface area contributed by atoms with Crippen molar-refractivity contribution in [2.24, 2.45) is 11.5 Å². The van der Waals surface area contributed by atoms with Crippen molar-refractivity contribution in [3.05, 3.63) is 59.8 Å². The van der Waals surface area contributed by atoms with Gasteiger partial charge >= 0.3 is 0 Å². The van der Waals surface area contributed by atoms with Crippen LogP contribution in [-0.2, 0) is 0 Å². The van der Waals surface area contributed by atoms with E-state index in [1.165, 1.54) is 0 Å². The first kappa shape index (κ1) is 13.1. The summed E-state index contributed by atoms with van der Waals surface area (Å²) in [6.07, 6.45) is 18.2. The molecule has 0 aromatic rings. The van der Waals surface area contributed by atoms with Crippen molar-refractivity contribution in [1.29, 1.82) is 0 Å². The van der Waals surface area contributed by atoms with Crippen molar-refractivity contribution in [2.45, 2.75) is 37.8 Å². The molecule has 2 rings (SSSR count). The first-order valence-corrected chi connectivity index (χ1v) is 6.60. The molecule has 0 bridgehead atoms. The average Bonchev–Trinajstić information content (AvgIpc) is 2.40. The monoisotopic (exact) mass is 242 g/mol.